The minimum atomic E-state index is -0.0160. The Morgan fingerprint density at radius 2 is 2.28 bits per heavy atom. The van der Waals surface area contributed by atoms with Crippen molar-refractivity contribution in [2.75, 3.05) is 13.6 Å². The van der Waals surface area contributed by atoms with E-state index >= 15 is 0 Å². The first-order valence-corrected chi connectivity index (χ1v) is 7.60. The monoisotopic (exact) mass is 280 g/mol. The zero-order valence-electron chi connectivity index (χ0n) is 10.3. The summed E-state index contributed by atoms with van der Waals surface area (Å²) in [5, 5.41) is 9.08. The lowest BCUT2D eigenvalue weighted by Crippen LogP contribution is -2.37. The molecule has 96 valence electrons. The van der Waals surface area contributed by atoms with Gasteiger partial charge in [-0.25, -0.2) is 4.79 Å². The maximum Gasteiger partial charge on any atom is 0.317 e. The van der Waals surface area contributed by atoms with Crippen molar-refractivity contribution in [2.24, 2.45) is 0 Å². The molecule has 18 heavy (non-hydrogen) atoms. The molecule has 0 unspecified atom stereocenters. The number of hydrogen-bond donors (Lipinski definition) is 1. The highest BCUT2D eigenvalue weighted by atomic mass is 32.1. The molecule has 2 heterocycles. The van der Waals surface area contributed by atoms with E-state index in [1.54, 1.807) is 27.6 Å². The average Bonchev–Trinajstić information content (AvgIpc) is 3.01. The number of rotatable bonds is 5. The molecule has 0 saturated carbocycles. The molecular formula is C13H16N2OS2. The van der Waals surface area contributed by atoms with E-state index in [9.17, 15) is 4.79 Å². The lowest BCUT2D eigenvalue weighted by atomic mass is 10.3. The molecule has 5 heteroatoms. The minimum Gasteiger partial charge on any atom is -0.338 e. The van der Waals surface area contributed by atoms with Crippen LogP contribution < -0.4 is 5.32 Å². The Labute approximate surface area is 115 Å². The van der Waals surface area contributed by atoms with Crippen molar-refractivity contribution < 1.29 is 4.79 Å². The van der Waals surface area contributed by atoms with E-state index in [4.69, 9.17) is 0 Å². The molecule has 0 aliphatic carbocycles. The molecule has 0 spiro atoms. The summed E-state index contributed by atoms with van der Waals surface area (Å²) >= 11 is 3.38. The van der Waals surface area contributed by atoms with Crippen molar-refractivity contribution in [2.45, 2.75) is 13.0 Å². The molecule has 1 N–H and O–H groups in total. The van der Waals surface area contributed by atoms with Crippen LogP contribution in [0, 0.1) is 0 Å². The SMILES string of the molecule is CN(Cc1ccsc1)C(=O)NCCc1cccs1. The molecule has 0 aliphatic heterocycles. The van der Waals surface area contributed by atoms with Crippen molar-refractivity contribution in [3.63, 3.8) is 0 Å². The average molecular weight is 280 g/mol. The van der Waals surface area contributed by atoms with Gasteiger partial charge in [0.25, 0.3) is 0 Å². The van der Waals surface area contributed by atoms with Crippen LogP contribution in [0.4, 0.5) is 4.79 Å². The van der Waals surface area contributed by atoms with Gasteiger partial charge < -0.3 is 10.2 Å². The van der Waals surface area contributed by atoms with Crippen LogP contribution in [0.5, 0.6) is 0 Å². The molecule has 3 nitrogen and oxygen atoms in total. The van der Waals surface area contributed by atoms with Gasteiger partial charge in [0.05, 0.1) is 0 Å². The Hall–Kier alpha value is -1.33. The first-order chi connectivity index (χ1) is 8.75. The highest BCUT2D eigenvalue weighted by Crippen LogP contribution is 2.09. The third-order valence-corrected chi connectivity index (χ3v) is 4.24. The summed E-state index contributed by atoms with van der Waals surface area (Å²) in [6.07, 6.45) is 0.899. The minimum absolute atomic E-state index is 0.0160. The summed E-state index contributed by atoms with van der Waals surface area (Å²) in [5.74, 6) is 0. The maximum atomic E-state index is 11.8. The molecule has 0 fully saturated rings. The van der Waals surface area contributed by atoms with Crippen LogP contribution in [0.1, 0.15) is 10.4 Å². The molecule has 2 rings (SSSR count). The van der Waals surface area contributed by atoms with Crippen molar-refractivity contribution in [1.29, 1.82) is 0 Å². The Balaban J connectivity index is 1.70. The van der Waals surface area contributed by atoms with E-state index in [-0.39, 0.29) is 6.03 Å². The van der Waals surface area contributed by atoms with Gasteiger partial charge in [-0.1, -0.05) is 6.07 Å². The van der Waals surface area contributed by atoms with Gasteiger partial charge in [-0.3, -0.25) is 0 Å². The number of carbonyl (C=O) groups is 1. The van der Waals surface area contributed by atoms with Crippen LogP contribution in [0.25, 0.3) is 0 Å². The number of nitrogens with zero attached hydrogens (tertiary/aromatic N) is 1. The molecule has 0 aliphatic rings. The fraction of sp³-hybridized carbons (Fsp3) is 0.308. The number of thiophene rings is 2. The third-order valence-electron chi connectivity index (χ3n) is 2.57. The molecule has 2 aromatic rings. The molecule has 2 amide bonds. The number of nitrogens with one attached hydrogen (secondary N) is 1. The van der Waals surface area contributed by atoms with Crippen molar-refractivity contribution in [3.05, 3.63) is 44.8 Å². The zero-order chi connectivity index (χ0) is 12.8. The molecule has 0 bridgehead atoms. The Bertz CT molecular complexity index is 465. The van der Waals surface area contributed by atoms with Crippen LogP contribution in [0.3, 0.4) is 0 Å². The highest BCUT2D eigenvalue weighted by Gasteiger charge is 2.08. The van der Waals surface area contributed by atoms with Gasteiger partial charge in [0.2, 0.25) is 0 Å². The van der Waals surface area contributed by atoms with Crippen molar-refractivity contribution >= 4 is 28.7 Å². The fourth-order valence-corrected chi connectivity index (χ4v) is 2.98. The van der Waals surface area contributed by atoms with Crippen LogP contribution in [-0.2, 0) is 13.0 Å². The standard InChI is InChI=1S/C13H16N2OS2/c1-15(9-11-5-8-17-10-11)13(16)14-6-4-12-3-2-7-18-12/h2-3,5,7-8,10H,4,6,9H2,1H3,(H,14,16). The van der Waals surface area contributed by atoms with Gasteiger partial charge in [0, 0.05) is 25.0 Å². The van der Waals surface area contributed by atoms with E-state index in [0.717, 1.165) is 6.42 Å². The van der Waals surface area contributed by atoms with Gasteiger partial charge in [-0.05, 0) is 40.3 Å². The molecule has 0 aromatic carbocycles. The molecule has 0 saturated heterocycles. The van der Waals surface area contributed by atoms with Crippen LogP contribution in [-0.4, -0.2) is 24.5 Å². The first kappa shape index (κ1) is 13.1. The summed E-state index contributed by atoms with van der Waals surface area (Å²) in [7, 11) is 1.82. The van der Waals surface area contributed by atoms with Crippen LogP contribution in [0.15, 0.2) is 34.3 Å². The zero-order valence-corrected chi connectivity index (χ0v) is 11.9. The van der Waals surface area contributed by atoms with E-state index in [1.165, 1.54) is 10.4 Å². The second kappa shape index (κ2) is 6.56. The summed E-state index contributed by atoms with van der Waals surface area (Å²) in [6, 6.07) is 6.15. The summed E-state index contributed by atoms with van der Waals surface area (Å²) < 4.78 is 0. The Morgan fingerprint density at radius 3 is 2.94 bits per heavy atom. The Kier molecular flexibility index (Phi) is 4.78. The van der Waals surface area contributed by atoms with Crippen molar-refractivity contribution in [3.8, 4) is 0 Å². The smallest absolute Gasteiger partial charge is 0.317 e. The fourth-order valence-electron chi connectivity index (χ4n) is 1.61. The first-order valence-electron chi connectivity index (χ1n) is 5.78. The Morgan fingerprint density at radius 1 is 1.39 bits per heavy atom. The van der Waals surface area contributed by atoms with Gasteiger partial charge in [0.1, 0.15) is 0 Å². The van der Waals surface area contributed by atoms with Gasteiger partial charge in [-0.15, -0.1) is 11.3 Å². The van der Waals surface area contributed by atoms with Gasteiger partial charge in [0.15, 0.2) is 0 Å². The second-order valence-electron chi connectivity index (χ2n) is 4.05. The lowest BCUT2D eigenvalue weighted by Gasteiger charge is -2.17. The molecule has 0 atom stereocenters. The largest absolute Gasteiger partial charge is 0.338 e. The molecular weight excluding hydrogens is 264 g/mol. The van der Waals surface area contributed by atoms with Crippen molar-refractivity contribution in [1.82, 2.24) is 10.2 Å². The maximum absolute atomic E-state index is 11.8. The van der Waals surface area contributed by atoms with E-state index in [0.29, 0.717) is 13.1 Å². The quantitative estimate of drug-likeness (QED) is 0.896. The van der Waals surface area contributed by atoms with E-state index < -0.39 is 0 Å². The predicted molar refractivity (Wildman–Crippen MR) is 77.2 cm³/mol. The van der Waals surface area contributed by atoms with Gasteiger partial charge >= 0.3 is 6.03 Å². The molecule has 0 radical (unpaired) electrons. The van der Waals surface area contributed by atoms with Gasteiger partial charge in [-0.2, -0.15) is 11.3 Å². The number of amides is 2. The van der Waals surface area contributed by atoms with E-state index in [2.05, 4.69) is 22.1 Å². The number of carbonyl (C=O) groups excluding carboxylic acids is 1. The third kappa shape index (κ3) is 3.85. The number of urea groups is 1. The highest BCUT2D eigenvalue weighted by molar-refractivity contribution is 7.09. The summed E-state index contributed by atoms with van der Waals surface area (Å²) in [4.78, 5) is 14.8. The van der Waals surface area contributed by atoms with E-state index in [1.807, 2.05) is 24.6 Å². The second-order valence-corrected chi connectivity index (χ2v) is 5.86. The molecule has 2 aromatic heterocycles. The summed E-state index contributed by atoms with van der Waals surface area (Å²) in [5.41, 5.74) is 1.18. The predicted octanol–water partition coefficient (Wildman–Crippen LogP) is 3.19. The number of hydrogen-bond acceptors (Lipinski definition) is 3. The lowest BCUT2D eigenvalue weighted by molar-refractivity contribution is 0.207. The van der Waals surface area contributed by atoms with Crippen LogP contribution >= 0.6 is 22.7 Å². The summed E-state index contributed by atoms with van der Waals surface area (Å²) in [6.45, 7) is 1.35. The normalized spacial score (nSPS) is 10.3. The van der Waals surface area contributed by atoms with Crippen LogP contribution in [0.2, 0.25) is 0 Å². The topological polar surface area (TPSA) is 32.3 Å².